The summed E-state index contributed by atoms with van der Waals surface area (Å²) in [5.41, 5.74) is 6.39. The van der Waals surface area contributed by atoms with Gasteiger partial charge in [-0.1, -0.05) is 6.07 Å². The van der Waals surface area contributed by atoms with Crippen LogP contribution in [0.5, 0.6) is 11.5 Å². The molecule has 0 unspecified atom stereocenters. The summed E-state index contributed by atoms with van der Waals surface area (Å²) in [6, 6.07) is 5.71. The van der Waals surface area contributed by atoms with Gasteiger partial charge in [-0.05, 0) is 37.0 Å². The minimum Gasteiger partial charge on any atom is -0.493 e. The molecule has 29 heavy (non-hydrogen) atoms. The van der Waals surface area contributed by atoms with Crippen molar-refractivity contribution < 1.29 is 23.9 Å². The standard InChI is InChI=1S/C21H29N3O5/c1-28-17-4-3-14(11-18(17)29-2)5-8-24-13-16(12-19(24)25)21(27)23-9-6-15(7-10-23)20(22)26/h3-4,11,15-16H,5-10,12-13H2,1-2H3,(H2,22,26)/t16-/m0/s1. The van der Waals surface area contributed by atoms with Crippen molar-refractivity contribution in [1.82, 2.24) is 9.80 Å². The number of rotatable bonds is 7. The molecule has 1 atom stereocenters. The molecule has 0 spiro atoms. The zero-order chi connectivity index (χ0) is 21.0. The van der Waals surface area contributed by atoms with Crippen LogP contribution in [-0.4, -0.2) is 67.9 Å². The van der Waals surface area contributed by atoms with E-state index in [2.05, 4.69) is 0 Å². The number of nitrogens with zero attached hydrogens (tertiary/aromatic N) is 2. The zero-order valence-electron chi connectivity index (χ0n) is 17.1. The van der Waals surface area contributed by atoms with Crippen LogP contribution in [-0.2, 0) is 20.8 Å². The highest BCUT2D eigenvalue weighted by Gasteiger charge is 2.37. The average molecular weight is 403 g/mol. The van der Waals surface area contributed by atoms with Crippen LogP contribution in [0.3, 0.4) is 0 Å². The van der Waals surface area contributed by atoms with E-state index in [1.165, 1.54) is 0 Å². The maximum absolute atomic E-state index is 12.8. The molecule has 0 aromatic heterocycles. The fraction of sp³-hybridized carbons (Fsp3) is 0.571. The van der Waals surface area contributed by atoms with Crippen molar-refractivity contribution in [3.05, 3.63) is 23.8 Å². The van der Waals surface area contributed by atoms with Gasteiger partial charge in [0.15, 0.2) is 11.5 Å². The fourth-order valence-electron chi connectivity index (χ4n) is 4.10. The van der Waals surface area contributed by atoms with Crippen molar-refractivity contribution in [2.24, 2.45) is 17.6 Å². The van der Waals surface area contributed by atoms with E-state index in [1.807, 2.05) is 18.2 Å². The Balaban J connectivity index is 1.53. The first-order valence-electron chi connectivity index (χ1n) is 9.99. The van der Waals surface area contributed by atoms with Crippen LogP contribution in [0.25, 0.3) is 0 Å². The van der Waals surface area contributed by atoms with Crippen molar-refractivity contribution in [3.8, 4) is 11.5 Å². The van der Waals surface area contributed by atoms with E-state index in [4.69, 9.17) is 15.2 Å². The Labute approximate surface area is 170 Å². The third kappa shape index (κ3) is 4.81. The second kappa shape index (κ2) is 9.15. The maximum atomic E-state index is 12.8. The highest BCUT2D eigenvalue weighted by atomic mass is 16.5. The smallest absolute Gasteiger partial charge is 0.227 e. The number of hydrogen-bond donors (Lipinski definition) is 1. The molecule has 8 nitrogen and oxygen atoms in total. The molecule has 0 aliphatic carbocycles. The summed E-state index contributed by atoms with van der Waals surface area (Å²) in [5, 5.41) is 0. The summed E-state index contributed by atoms with van der Waals surface area (Å²) in [5.74, 6) is 0.588. The predicted octanol–water partition coefficient (Wildman–Crippen LogP) is 0.819. The molecule has 0 saturated carbocycles. The van der Waals surface area contributed by atoms with Gasteiger partial charge in [-0.2, -0.15) is 0 Å². The molecule has 1 aromatic rings. The monoisotopic (exact) mass is 403 g/mol. The molecule has 2 heterocycles. The number of benzene rings is 1. The van der Waals surface area contributed by atoms with Gasteiger partial charge >= 0.3 is 0 Å². The Morgan fingerprint density at radius 2 is 1.79 bits per heavy atom. The van der Waals surface area contributed by atoms with E-state index in [-0.39, 0.29) is 36.0 Å². The molecule has 2 fully saturated rings. The normalized spacial score (nSPS) is 20.1. The molecule has 2 saturated heterocycles. The van der Waals surface area contributed by atoms with E-state index in [0.717, 1.165) is 5.56 Å². The van der Waals surface area contributed by atoms with Crippen molar-refractivity contribution in [1.29, 1.82) is 0 Å². The van der Waals surface area contributed by atoms with Gasteiger partial charge in [0.1, 0.15) is 0 Å². The van der Waals surface area contributed by atoms with Gasteiger partial charge in [0.25, 0.3) is 0 Å². The molecule has 2 N–H and O–H groups in total. The zero-order valence-corrected chi connectivity index (χ0v) is 17.1. The highest BCUT2D eigenvalue weighted by Crippen LogP contribution is 2.28. The average Bonchev–Trinajstić information content (AvgIpc) is 3.12. The lowest BCUT2D eigenvalue weighted by Gasteiger charge is -2.32. The molecule has 158 valence electrons. The molecule has 2 aliphatic heterocycles. The molecule has 0 radical (unpaired) electrons. The summed E-state index contributed by atoms with van der Waals surface area (Å²) >= 11 is 0. The van der Waals surface area contributed by atoms with Gasteiger partial charge in [-0.15, -0.1) is 0 Å². The number of primary amides is 1. The largest absolute Gasteiger partial charge is 0.493 e. The van der Waals surface area contributed by atoms with E-state index in [1.54, 1.807) is 24.0 Å². The van der Waals surface area contributed by atoms with Crippen LogP contribution in [0, 0.1) is 11.8 Å². The predicted molar refractivity (Wildman–Crippen MR) is 106 cm³/mol. The second-order valence-electron chi connectivity index (χ2n) is 7.68. The van der Waals surface area contributed by atoms with E-state index in [9.17, 15) is 14.4 Å². The summed E-state index contributed by atoms with van der Waals surface area (Å²) < 4.78 is 10.6. The number of carbonyl (C=O) groups is 3. The SMILES string of the molecule is COc1ccc(CCN2C[C@@H](C(=O)N3CCC(C(N)=O)CC3)CC2=O)cc1OC. The van der Waals surface area contributed by atoms with Gasteiger partial charge in [-0.25, -0.2) is 0 Å². The first kappa shape index (κ1) is 21.0. The lowest BCUT2D eigenvalue weighted by molar-refractivity contribution is -0.138. The van der Waals surface area contributed by atoms with Gasteiger partial charge < -0.3 is 25.0 Å². The van der Waals surface area contributed by atoms with Crippen molar-refractivity contribution >= 4 is 17.7 Å². The van der Waals surface area contributed by atoms with Gasteiger partial charge in [0.05, 0.1) is 20.1 Å². The Kier molecular flexibility index (Phi) is 6.61. The number of nitrogens with two attached hydrogens (primary N) is 1. The van der Waals surface area contributed by atoms with Crippen LogP contribution < -0.4 is 15.2 Å². The van der Waals surface area contributed by atoms with Gasteiger partial charge in [0.2, 0.25) is 17.7 Å². The van der Waals surface area contributed by atoms with Gasteiger partial charge in [-0.3, -0.25) is 14.4 Å². The topological polar surface area (TPSA) is 102 Å². The molecule has 1 aromatic carbocycles. The molecule has 0 bridgehead atoms. The molecule has 8 heteroatoms. The second-order valence-corrected chi connectivity index (χ2v) is 7.68. The number of hydrogen-bond acceptors (Lipinski definition) is 5. The van der Waals surface area contributed by atoms with Crippen LogP contribution in [0.2, 0.25) is 0 Å². The first-order valence-corrected chi connectivity index (χ1v) is 9.99. The molecule has 3 rings (SSSR count). The number of methoxy groups -OCH3 is 2. The highest BCUT2D eigenvalue weighted by molar-refractivity contribution is 5.89. The number of carbonyl (C=O) groups excluding carboxylic acids is 3. The number of ether oxygens (including phenoxy) is 2. The number of likely N-dealkylation sites (tertiary alicyclic amines) is 2. The Morgan fingerprint density at radius 1 is 1.10 bits per heavy atom. The van der Waals surface area contributed by atoms with Crippen molar-refractivity contribution in [3.63, 3.8) is 0 Å². The number of piperidine rings is 1. The van der Waals surface area contributed by atoms with Crippen molar-refractivity contribution in [2.45, 2.75) is 25.7 Å². The van der Waals surface area contributed by atoms with E-state index >= 15 is 0 Å². The van der Waals surface area contributed by atoms with Crippen LogP contribution in [0.4, 0.5) is 0 Å². The minimum atomic E-state index is -0.307. The Hall–Kier alpha value is -2.77. The van der Waals surface area contributed by atoms with Crippen molar-refractivity contribution in [2.75, 3.05) is 40.4 Å². The summed E-state index contributed by atoms with van der Waals surface area (Å²) in [7, 11) is 3.18. The summed E-state index contributed by atoms with van der Waals surface area (Å²) in [4.78, 5) is 40.0. The van der Waals surface area contributed by atoms with E-state index < -0.39 is 0 Å². The summed E-state index contributed by atoms with van der Waals surface area (Å²) in [6.07, 6.45) is 2.13. The first-order chi connectivity index (χ1) is 13.9. The minimum absolute atomic E-state index is 0.00915. The summed E-state index contributed by atoms with van der Waals surface area (Å²) in [6.45, 7) is 2.06. The van der Waals surface area contributed by atoms with Gasteiger partial charge in [0, 0.05) is 38.5 Å². The Bertz CT molecular complexity index is 774. The molecular weight excluding hydrogens is 374 g/mol. The lowest BCUT2D eigenvalue weighted by Crippen LogP contribution is -2.44. The molecular formula is C21H29N3O5. The van der Waals surface area contributed by atoms with Crippen LogP contribution in [0.1, 0.15) is 24.8 Å². The third-order valence-electron chi connectivity index (χ3n) is 5.89. The van der Waals surface area contributed by atoms with E-state index in [0.29, 0.717) is 56.9 Å². The van der Waals surface area contributed by atoms with Crippen LogP contribution in [0.15, 0.2) is 18.2 Å². The Morgan fingerprint density at radius 3 is 2.41 bits per heavy atom. The third-order valence-corrected chi connectivity index (χ3v) is 5.89. The number of amides is 3. The van der Waals surface area contributed by atoms with Crippen LogP contribution >= 0.6 is 0 Å². The molecule has 3 amide bonds. The molecule has 2 aliphatic rings. The maximum Gasteiger partial charge on any atom is 0.227 e. The lowest BCUT2D eigenvalue weighted by atomic mass is 9.95. The fourth-order valence-corrected chi connectivity index (χ4v) is 4.10. The quantitative estimate of drug-likeness (QED) is 0.726.